The lowest BCUT2D eigenvalue weighted by molar-refractivity contribution is -0.295. The Morgan fingerprint density at radius 3 is 1.98 bits per heavy atom. The van der Waals surface area contributed by atoms with E-state index in [0.717, 1.165) is 0 Å². The number of nitrogens with two attached hydrogens (primary N) is 6. The van der Waals surface area contributed by atoms with E-state index in [1.165, 1.54) is 0 Å². The molecule has 0 aromatic rings. The summed E-state index contributed by atoms with van der Waals surface area (Å²) in [5.41, 5.74) is 35.5. The molecule has 46 heavy (non-hydrogen) atoms. The van der Waals surface area contributed by atoms with Gasteiger partial charge < -0.3 is 98.8 Å². The summed E-state index contributed by atoms with van der Waals surface area (Å²) in [7, 11) is 0. The molecule has 3 heterocycles. The van der Waals surface area contributed by atoms with Crippen molar-refractivity contribution in [2.75, 3.05) is 26.2 Å². The van der Waals surface area contributed by atoms with Gasteiger partial charge in [-0.05, 0) is 6.42 Å². The molecule has 1 amide bonds. The summed E-state index contributed by atoms with van der Waals surface area (Å²) < 4.78 is 35.3. The molecular weight excluding hydrogens is 618 g/mol. The van der Waals surface area contributed by atoms with Gasteiger partial charge in [-0.3, -0.25) is 4.79 Å². The summed E-state index contributed by atoms with van der Waals surface area (Å²) >= 11 is 0. The molecule has 20 nitrogen and oxygen atoms in total. The van der Waals surface area contributed by atoms with Crippen molar-refractivity contribution >= 4 is 5.91 Å². The second kappa shape index (κ2) is 16.4. The molecule has 0 spiro atoms. The van der Waals surface area contributed by atoms with Crippen LogP contribution in [0.25, 0.3) is 0 Å². The average Bonchev–Trinajstić information content (AvgIpc) is 3.32. The first kappa shape index (κ1) is 37.6. The number of amides is 1. The molecule has 19 N–H and O–H groups in total. The van der Waals surface area contributed by atoms with Gasteiger partial charge in [0.05, 0.1) is 36.9 Å². The Balaban J connectivity index is 1.55. The predicted octanol–water partition coefficient (Wildman–Crippen LogP) is -8.36. The van der Waals surface area contributed by atoms with Crippen LogP contribution in [0.15, 0.2) is 0 Å². The van der Waals surface area contributed by atoms with E-state index in [9.17, 15) is 35.4 Å². The summed E-state index contributed by atoms with van der Waals surface area (Å²) in [6.07, 6.45) is -17.7. The molecule has 1 aliphatic carbocycles. The van der Waals surface area contributed by atoms with Crippen molar-refractivity contribution in [2.24, 2.45) is 34.4 Å². The Hall–Kier alpha value is -1.25. The molecule has 0 aromatic carbocycles. The lowest BCUT2D eigenvalue weighted by Crippen LogP contribution is -2.67. The van der Waals surface area contributed by atoms with E-state index in [1.807, 2.05) is 0 Å². The largest absolute Gasteiger partial charge is 0.394 e. The molecule has 4 rings (SSSR count). The van der Waals surface area contributed by atoms with Gasteiger partial charge in [0.15, 0.2) is 18.9 Å². The van der Waals surface area contributed by atoms with Gasteiger partial charge in [0.2, 0.25) is 5.91 Å². The normalized spacial score (nSPS) is 48.3. The molecule has 0 aromatic heterocycles. The number of nitrogens with one attached hydrogen (secondary N) is 1. The summed E-state index contributed by atoms with van der Waals surface area (Å²) in [5, 5.41) is 66.5. The van der Waals surface area contributed by atoms with Crippen LogP contribution >= 0.6 is 0 Å². The van der Waals surface area contributed by atoms with Crippen molar-refractivity contribution in [2.45, 2.75) is 129 Å². The highest BCUT2D eigenvalue weighted by Gasteiger charge is 2.54. The lowest BCUT2D eigenvalue weighted by atomic mass is 9.83. The molecule has 268 valence electrons. The molecule has 4 aliphatic rings. The van der Waals surface area contributed by atoms with Crippen LogP contribution in [0, 0.1) is 0 Å². The first-order chi connectivity index (χ1) is 21.8. The summed E-state index contributed by atoms with van der Waals surface area (Å²) in [5.74, 6) is -0.443. The number of aliphatic hydroxyl groups is 6. The fourth-order valence-corrected chi connectivity index (χ4v) is 6.21. The van der Waals surface area contributed by atoms with Crippen LogP contribution in [0.2, 0.25) is 0 Å². The fourth-order valence-electron chi connectivity index (χ4n) is 6.21. The third kappa shape index (κ3) is 8.13. The zero-order valence-electron chi connectivity index (χ0n) is 25.3. The van der Waals surface area contributed by atoms with Crippen molar-refractivity contribution in [3.8, 4) is 0 Å². The Labute approximate surface area is 265 Å². The molecular formula is C26H51N7O13. The van der Waals surface area contributed by atoms with Crippen molar-refractivity contribution in [3.63, 3.8) is 0 Å². The second-order valence-corrected chi connectivity index (χ2v) is 12.2. The smallest absolute Gasteiger partial charge is 0.221 e. The minimum absolute atomic E-state index is 0.0171. The van der Waals surface area contributed by atoms with Gasteiger partial charge in [-0.2, -0.15) is 0 Å². The molecule has 1 saturated carbocycles. The van der Waals surface area contributed by atoms with Gasteiger partial charge in [0.1, 0.15) is 54.9 Å². The van der Waals surface area contributed by atoms with Crippen LogP contribution in [0.3, 0.4) is 0 Å². The number of carbonyl (C=O) groups is 1. The molecule has 4 fully saturated rings. The number of aliphatic hydroxyl groups excluding tert-OH is 6. The van der Waals surface area contributed by atoms with Crippen molar-refractivity contribution in [3.05, 3.63) is 0 Å². The van der Waals surface area contributed by atoms with Crippen LogP contribution < -0.4 is 39.7 Å². The number of rotatable bonds is 12. The molecule has 18 atom stereocenters. The number of ether oxygens (including phenoxy) is 6. The number of carbonyl (C=O) groups excluding carboxylic acids is 1. The molecule has 20 heteroatoms. The standard InChI is InChI=1S/C26H51N7O13/c27-2-1-14(36)33-10-4-9(30)21(44-24-15(31)11(35)3-8(5-28)41-24)23(17(10)37)46-26-20(40)22(13(7-34)43-26)45-25-16(32)19(39)18(38)12(6-29)42-25/h8-13,15-26,34-35,37-40H,1-7,27-32H2,(H,33,36). The number of hydrogen-bond donors (Lipinski definition) is 13. The molecule has 3 saturated heterocycles. The van der Waals surface area contributed by atoms with E-state index in [1.54, 1.807) is 0 Å². The first-order valence-corrected chi connectivity index (χ1v) is 15.4. The zero-order valence-corrected chi connectivity index (χ0v) is 25.3. The van der Waals surface area contributed by atoms with Gasteiger partial charge in [0, 0.05) is 38.5 Å². The SMILES string of the molecule is NCCC(=O)NC1CC(N)C(OC2OC(CN)CC(O)C2N)C(OC2OC(CO)C(OC3OC(CN)C(O)C(O)C3N)C2O)C1O. The van der Waals surface area contributed by atoms with E-state index in [0.29, 0.717) is 0 Å². The third-order valence-corrected chi connectivity index (χ3v) is 8.92. The van der Waals surface area contributed by atoms with E-state index in [4.69, 9.17) is 62.8 Å². The van der Waals surface area contributed by atoms with Gasteiger partial charge in [-0.1, -0.05) is 0 Å². The first-order valence-electron chi connectivity index (χ1n) is 15.4. The minimum Gasteiger partial charge on any atom is -0.394 e. The van der Waals surface area contributed by atoms with Crippen LogP contribution in [-0.2, 0) is 33.2 Å². The average molecular weight is 670 g/mol. The molecule has 18 unspecified atom stereocenters. The van der Waals surface area contributed by atoms with E-state index >= 15 is 0 Å². The highest BCUT2D eigenvalue weighted by Crippen LogP contribution is 2.34. The van der Waals surface area contributed by atoms with E-state index < -0.39 is 123 Å². The molecule has 0 bridgehead atoms. The highest BCUT2D eigenvalue weighted by atomic mass is 16.8. The zero-order chi connectivity index (χ0) is 33.9. The summed E-state index contributed by atoms with van der Waals surface area (Å²) in [6.45, 7) is -0.704. The summed E-state index contributed by atoms with van der Waals surface area (Å²) in [6, 6.07) is -4.11. The van der Waals surface area contributed by atoms with Gasteiger partial charge in [-0.25, -0.2) is 0 Å². The maximum absolute atomic E-state index is 12.4. The second-order valence-electron chi connectivity index (χ2n) is 12.2. The van der Waals surface area contributed by atoms with Crippen LogP contribution in [0.4, 0.5) is 0 Å². The maximum Gasteiger partial charge on any atom is 0.221 e. The minimum atomic E-state index is -1.64. The molecule has 0 radical (unpaired) electrons. The monoisotopic (exact) mass is 669 g/mol. The highest BCUT2D eigenvalue weighted by molar-refractivity contribution is 5.76. The van der Waals surface area contributed by atoms with Crippen molar-refractivity contribution < 1.29 is 63.9 Å². The Morgan fingerprint density at radius 1 is 0.717 bits per heavy atom. The van der Waals surface area contributed by atoms with Gasteiger partial charge >= 0.3 is 0 Å². The van der Waals surface area contributed by atoms with Crippen LogP contribution in [0.5, 0.6) is 0 Å². The quantitative estimate of drug-likeness (QED) is 0.0917. The van der Waals surface area contributed by atoms with E-state index in [-0.39, 0.29) is 38.9 Å². The maximum atomic E-state index is 12.4. The Morgan fingerprint density at radius 2 is 1.35 bits per heavy atom. The topological polar surface area (TPSA) is 362 Å². The van der Waals surface area contributed by atoms with Crippen molar-refractivity contribution in [1.82, 2.24) is 5.32 Å². The van der Waals surface area contributed by atoms with Crippen molar-refractivity contribution in [1.29, 1.82) is 0 Å². The van der Waals surface area contributed by atoms with Crippen LogP contribution in [-0.4, -0.2) is 173 Å². The lowest BCUT2D eigenvalue weighted by Gasteiger charge is -2.47. The van der Waals surface area contributed by atoms with Crippen LogP contribution in [0.1, 0.15) is 19.3 Å². The summed E-state index contributed by atoms with van der Waals surface area (Å²) in [4.78, 5) is 12.4. The van der Waals surface area contributed by atoms with E-state index in [2.05, 4.69) is 5.32 Å². The van der Waals surface area contributed by atoms with Gasteiger partial charge in [-0.15, -0.1) is 0 Å². The fraction of sp³-hybridized carbons (Fsp3) is 0.962. The third-order valence-electron chi connectivity index (χ3n) is 8.92. The molecule has 3 aliphatic heterocycles. The Kier molecular flexibility index (Phi) is 13.4. The predicted molar refractivity (Wildman–Crippen MR) is 155 cm³/mol. The number of hydrogen-bond acceptors (Lipinski definition) is 19. The van der Waals surface area contributed by atoms with Gasteiger partial charge in [0.25, 0.3) is 0 Å². The Bertz CT molecular complexity index is 977.